The Kier molecular flexibility index (Phi) is 4.04. The summed E-state index contributed by atoms with van der Waals surface area (Å²) in [5, 5.41) is 3.29. The van der Waals surface area contributed by atoms with E-state index in [0.717, 1.165) is 12.2 Å². The minimum atomic E-state index is -0.476. The van der Waals surface area contributed by atoms with Crippen LogP contribution >= 0.6 is 0 Å². The summed E-state index contributed by atoms with van der Waals surface area (Å²) in [6.45, 7) is 7.75. The maximum Gasteiger partial charge on any atom is 0.410 e. The van der Waals surface area contributed by atoms with E-state index >= 15 is 0 Å². The van der Waals surface area contributed by atoms with Crippen molar-refractivity contribution in [3.05, 3.63) is 30.1 Å². The highest BCUT2D eigenvalue weighted by Gasteiger charge is 2.31. The molecule has 1 aromatic heterocycles. The van der Waals surface area contributed by atoms with Crippen molar-refractivity contribution in [2.24, 2.45) is 0 Å². The summed E-state index contributed by atoms with van der Waals surface area (Å²) >= 11 is 0. The molecule has 0 radical (unpaired) electrons. The summed E-state index contributed by atoms with van der Waals surface area (Å²) < 4.78 is 5.46. The lowest BCUT2D eigenvalue weighted by atomic mass is 10.1. The van der Waals surface area contributed by atoms with Crippen LogP contribution in [0.15, 0.2) is 24.4 Å². The van der Waals surface area contributed by atoms with E-state index in [-0.39, 0.29) is 12.1 Å². The smallest absolute Gasteiger partial charge is 0.410 e. The molecule has 1 unspecified atom stereocenters. The van der Waals surface area contributed by atoms with Gasteiger partial charge in [-0.05, 0) is 32.9 Å². The van der Waals surface area contributed by atoms with Crippen LogP contribution < -0.4 is 5.32 Å². The molecule has 1 amide bonds. The fraction of sp³-hybridized carbons (Fsp3) is 0.571. The molecule has 19 heavy (non-hydrogen) atoms. The number of rotatable bonds is 1. The molecule has 1 aliphatic heterocycles. The van der Waals surface area contributed by atoms with Gasteiger partial charge in [-0.3, -0.25) is 9.88 Å². The van der Waals surface area contributed by atoms with E-state index in [2.05, 4.69) is 10.3 Å². The van der Waals surface area contributed by atoms with E-state index in [0.29, 0.717) is 13.1 Å². The standard InChI is InChI=1S/C14H21N3O2/c1-14(2,3)19-13(18)17-9-8-15-10-12(17)11-6-4-5-7-16-11/h4-7,12,15H,8-10H2,1-3H3. The van der Waals surface area contributed by atoms with Crippen LogP contribution in [-0.4, -0.2) is 41.2 Å². The predicted octanol–water partition coefficient (Wildman–Crippen LogP) is 1.96. The van der Waals surface area contributed by atoms with Crippen LogP contribution in [0, 0.1) is 0 Å². The molecule has 2 rings (SSSR count). The molecule has 0 aromatic carbocycles. The summed E-state index contributed by atoms with van der Waals surface area (Å²) in [7, 11) is 0. The molecule has 5 heteroatoms. The predicted molar refractivity (Wildman–Crippen MR) is 72.8 cm³/mol. The molecule has 1 N–H and O–H groups in total. The molecular formula is C14H21N3O2. The SMILES string of the molecule is CC(C)(C)OC(=O)N1CCNCC1c1ccccn1. The summed E-state index contributed by atoms with van der Waals surface area (Å²) in [5.41, 5.74) is 0.414. The van der Waals surface area contributed by atoms with Gasteiger partial charge in [0.05, 0.1) is 11.7 Å². The third kappa shape index (κ3) is 3.67. The molecule has 0 spiro atoms. The monoisotopic (exact) mass is 263 g/mol. The minimum absolute atomic E-state index is 0.0650. The molecule has 1 aromatic rings. The highest BCUT2D eigenvalue weighted by molar-refractivity contribution is 5.69. The van der Waals surface area contributed by atoms with Gasteiger partial charge in [0.25, 0.3) is 0 Å². The summed E-state index contributed by atoms with van der Waals surface area (Å²) in [6, 6.07) is 5.68. The number of aromatic nitrogens is 1. The normalized spacial score (nSPS) is 20.2. The van der Waals surface area contributed by atoms with E-state index in [4.69, 9.17) is 4.74 Å². The van der Waals surface area contributed by atoms with Gasteiger partial charge in [-0.15, -0.1) is 0 Å². The van der Waals surface area contributed by atoms with Crippen LogP contribution in [0.4, 0.5) is 4.79 Å². The molecule has 1 aliphatic rings. The number of hydrogen-bond acceptors (Lipinski definition) is 4. The van der Waals surface area contributed by atoms with Gasteiger partial charge in [-0.1, -0.05) is 6.07 Å². The second-order valence-corrected chi connectivity index (χ2v) is 5.65. The number of piperazine rings is 1. The van der Waals surface area contributed by atoms with Crippen molar-refractivity contribution in [2.45, 2.75) is 32.4 Å². The van der Waals surface area contributed by atoms with Gasteiger partial charge >= 0.3 is 6.09 Å². The topological polar surface area (TPSA) is 54.5 Å². The highest BCUT2D eigenvalue weighted by Crippen LogP contribution is 2.22. The van der Waals surface area contributed by atoms with Crippen molar-refractivity contribution in [3.8, 4) is 0 Å². The van der Waals surface area contributed by atoms with Crippen LogP contribution in [0.25, 0.3) is 0 Å². The number of carbonyl (C=O) groups excluding carboxylic acids is 1. The number of carbonyl (C=O) groups is 1. The number of nitrogens with one attached hydrogen (secondary N) is 1. The summed E-state index contributed by atoms with van der Waals surface area (Å²) in [4.78, 5) is 18.3. The number of pyridine rings is 1. The first kappa shape index (κ1) is 13.8. The first-order valence-corrected chi connectivity index (χ1v) is 6.58. The Balaban J connectivity index is 2.15. The van der Waals surface area contributed by atoms with Crippen molar-refractivity contribution in [1.29, 1.82) is 0 Å². The molecule has 1 fully saturated rings. The fourth-order valence-electron chi connectivity index (χ4n) is 2.08. The van der Waals surface area contributed by atoms with Crippen molar-refractivity contribution in [1.82, 2.24) is 15.2 Å². The zero-order chi connectivity index (χ0) is 13.9. The van der Waals surface area contributed by atoms with Gasteiger partial charge < -0.3 is 10.1 Å². The van der Waals surface area contributed by atoms with Gasteiger partial charge in [-0.25, -0.2) is 4.79 Å². The lowest BCUT2D eigenvalue weighted by Gasteiger charge is -2.36. The van der Waals surface area contributed by atoms with E-state index in [1.807, 2.05) is 39.0 Å². The van der Waals surface area contributed by atoms with E-state index in [1.54, 1.807) is 11.1 Å². The van der Waals surface area contributed by atoms with Crippen molar-refractivity contribution in [3.63, 3.8) is 0 Å². The highest BCUT2D eigenvalue weighted by atomic mass is 16.6. The molecule has 0 aliphatic carbocycles. The molecule has 2 heterocycles. The van der Waals surface area contributed by atoms with Gasteiger partial charge in [0.1, 0.15) is 5.60 Å². The van der Waals surface area contributed by atoms with E-state index < -0.39 is 5.60 Å². The van der Waals surface area contributed by atoms with Gasteiger partial charge in [-0.2, -0.15) is 0 Å². The first-order chi connectivity index (χ1) is 8.97. The lowest BCUT2D eigenvalue weighted by molar-refractivity contribution is 0.0113. The Morgan fingerprint density at radius 1 is 1.47 bits per heavy atom. The number of amides is 1. The van der Waals surface area contributed by atoms with Gasteiger partial charge in [0.15, 0.2) is 0 Å². The van der Waals surface area contributed by atoms with E-state index in [9.17, 15) is 4.79 Å². The molecule has 5 nitrogen and oxygen atoms in total. The number of ether oxygens (including phenoxy) is 1. The third-order valence-electron chi connectivity index (χ3n) is 2.90. The van der Waals surface area contributed by atoms with Crippen molar-refractivity contribution >= 4 is 6.09 Å². The second kappa shape index (κ2) is 5.57. The molecule has 0 bridgehead atoms. The Bertz CT molecular complexity index is 428. The maximum absolute atomic E-state index is 12.2. The third-order valence-corrected chi connectivity index (χ3v) is 2.90. The van der Waals surface area contributed by atoms with E-state index in [1.165, 1.54) is 0 Å². The zero-order valence-electron chi connectivity index (χ0n) is 11.7. The average molecular weight is 263 g/mol. The van der Waals surface area contributed by atoms with Crippen LogP contribution in [0.3, 0.4) is 0 Å². The molecule has 1 saturated heterocycles. The fourth-order valence-corrected chi connectivity index (χ4v) is 2.08. The molecule has 104 valence electrons. The Morgan fingerprint density at radius 2 is 2.26 bits per heavy atom. The average Bonchev–Trinajstić information content (AvgIpc) is 2.38. The largest absolute Gasteiger partial charge is 0.444 e. The van der Waals surface area contributed by atoms with Crippen LogP contribution in [-0.2, 0) is 4.74 Å². The number of nitrogens with zero attached hydrogens (tertiary/aromatic N) is 2. The Morgan fingerprint density at radius 3 is 2.89 bits per heavy atom. The van der Waals surface area contributed by atoms with Crippen LogP contribution in [0.2, 0.25) is 0 Å². The minimum Gasteiger partial charge on any atom is -0.444 e. The Hall–Kier alpha value is -1.62. The van der Waals surface area contributed by atoms with Crippen molar-refractivity contribution < 1.29 is 9.53 Å². The van der Waals surface area contributed by atoms with Crippen LogP contribution in [0.1, 0.15) is 32.5 Å². The summed E-state index contributed by atoms with van der Waals surface area (Å²) in [5.74, 6) is 0. The summed E-state index contributed by atoms with van der Waals surface area (Å²) in [6.07, 6.45) is 1.47. The van der Waals surface area contributed by atoms with Gasteiger partial charge in [0, 0.05) is 25.8 Å². The molecule has 0 saturated carbocycles. The first-order valence-electron chi connectivity index (χ1n) is 6.58. The van der Waals surface area contributed by atoms with Crippen LogP contribution in [0.5, 0.6) is 0 Å². The second-order valence-electron chi connectivity index (χ2n) is 5.65. The Labute approximate surface area is 114 Å². The molecule has 1 atom stereocenters. The quantitative estimate of drug-likeness (QED) is 0.841. The maximum atomic E-state index is 12.2. The molecular weight excluding hydrogens is 242 g/mol. The number of hydrogen-bond donors (Lipinski definition) is 1. The van der Waals surface area contributed by atoms with Crippen molar-refractivity contribution in [2.75, 3.05) is 19.6 Å². The van der Waals surface area contributed by atoms with Gasteiger partial charge in [0.2, 0.25) is 0 Å². The lowest BCUT2D eigenvalue weighted by Crippen LogP contribution is -2.50. The zero-order valence-corrected chi connectivity index (χ0v) is 11.7.